The van der Waals surface area contributed by atoms with Crippen LogP contribution in [0, 0.1) is 5.92 Å². The van der Waals surface area contributed by atoms with Gasteiger partial charge in [0.05, 0.1) is 13.1 Å². The molecule has 1 aliphatic heterocycles. The number of allylic oxidation sites excluding steroid dienone is 1. The Bertz CT molecular complexity index is 252. The largest absolute Gasteiger partial charge is 0.333 e. The van der Waals surface area contributed by atoms with Crippen LogP contribution in [0.3, 0.4) is 0 Å². The molecule has 0 radical (unpaired) electrons. The minimum absolute atomic E-state index is 0.0155. The van der Waals surface area contributed by atoms with Gasteiger partial charge in [0.25, 0.3) is 0 Å². The highest BCUT2D eigenvalue weighted by atomic mass is 19.1. The highest BCUT2D eigenvalue weighted by Gasteiger charge is 2.30. The molecular weight excluding hydrogens is 169 g/mol. The molecule has 1 aliphatic carbocycles. The average molecular weight is 183 g/mol. The van der Waals surface area contributed by atoms with Crippen LogP contribution in [-0.2, 0) is 4.79 Å². The lowest BCUT2D eigenvalue weighted by molar-refractivity contribution is -0.132. The normalized spacial score (nSPS) is 24.5. The number of rotatable bonds is 2. The molecule has 1 saturated heterocycles. The van der Waals surface area contributed by atoms with E-state index < -0.39 is 6.17 Å². The fourth-order valence-electron chi connectivity index (χ4n) is 1.55. The van der Waals surface area contributed by atoms with Gasteiger partial charge in [0.1, 0.15) is 6.17 Å². The third kappa shape index (κ3) is 1.90. The molecule has 2 rings (SSSR count). The number of likely N-dealkylation sites (tertiary alicyclic amines) is 1. The van der Waals surface area contributed by atoms with E-state index in [-0.39, 0.29) is 19.0 Å². The summed E-state index contributed by atoms with van der Waals surface area (Å²) in [5.74, 6) is 0.615. The molecule has 1 amide bonds. The standard InChI is InChI=1S/C10H14FNO/c1-7(8-2-3-8)4-10(13)12-5-9(11)6-12/h4,8-9H,2-3,5-6H2,1H3/b7-4+. The van der Waals surface area contributed by atoms with E-state index in [0.717, 1.165) is 5.57 Å². The fraction of sp³-hybridized carbons (Fsp3) is 0.700. The van der Waals surface area contributed by atoms with E-state index in [0.29, 0.717) is 5.92 Å². The molecule has 72 valence electrons. The summed E-state index contributed by atoms with van der Waals surface area (Å²) < 4.78 is 12.4. The monoisotopic (exact) mass is 183 g/mol. The number of carbonyl (C=O) groups excluding carboxylic acids is 1. The molecule has 13 heavy (non-hydrogen) atoms. The minimum atomic E-state index is -0.793. The summed E-state index contributed by atoms with van der Waals surface area (Å²) in [4.78, 5) is 12.9. The van der Waals surface area contributed by atoms with E-state index in [1.54, 1.807) is 11.0 Å². The molecule has 2 fully saturated rings. The predicted octanol–water partition coefficient (Wildman–Crippen LogP) is 1.52. The molecule has 0 aromatic rings. The fourth-order valence-corrected chi connectivity index (χ4v) is 1.55. The molecule has 0 bridgehead atoms. The number of amides is 1. The first-order valence-electron chi connectivity index (χ1n) is 4.78. The van der Waals surface area contributed by atoms with Crippen molar-refractivity contribution in [1.82, 2.24) is 4.90 Å². The van der Waals surface area contributed by atoms with Crippen LogP contribution in [0.25, 0.3) is 0 Å². The summed E-state index contributed by atoms with van der Waals surface area (Å²) in [5.41, 5.74) is 1.16. The zero-order valence-corrected chi connectivity index (χ0v) is 7.79. The van der Waals surface area contributed by atoms with Crippen LogP contribution < -0.4 is 0 Å². The summed E-state index contributed by atoms with van der Waals surface area (Å²) in [6, 6.07) is 0. The van der Waals surface area contributed by atoms with E-state index in [1.165, 1.54) is 12.8 Å². The van der Waals surface area contributed by atoms with Crippen molar-refractivity contribution in [1.29, 1.82) is 0 Å². The van der Waals surface area contributed by atoms with Gasteiger partial charge in [0.2, 0.25) is 5.91 Å². The molecule has 0 unspecified atom stereocenters. The Kier molecular flexibility index (Phi) is 2.10. The van der Waals surface area contributed by atoms with Crippen LogP contribution >= 0.6 is 0 Å². The van der Waals surface area contributed by atoms with Crippen LogP contribution in [-0.4, -0.2) is 30.1 Å². The molecular formula is C10H14FNO. The zero-order chi connectivity index (χ0) is 9.42. The SMILES string of the molecule is C/C(=C\C(=O)N1CC(F)C1)C1CC1. The highest BCUT2D eigenvalue weighted by Crippen LogP contribution is 2.36. The van der Waals surface area contributed by atoms with Gasteiger partial charge in [-0.25, -0.2) is 4.39 Å². The third-order valence-corrected chi connectivity index (χ3v) is 2.72. The van der Waals surface area contributed by atoms with Gasteiger partial charge in [0, 0.05) is 6.08 Å². The summed E-state index contributed by atoms with van der Waals surface area (Å²) in [6.07, 6.45) is 3.30. The van der Waals surface area contributed by atoms with E-state index in [9.17, 15) is 9.18 Å². The Balaban J connectivity index is 1.86. The molecule has 2 nitrogen and oxygen atoms in total. The quantitative estimate of drug-likeness (QED) is 0.594. The van der Waals surface area contributed by atoms with Crippen LogP contribution in [0.4, 0.5) is 4.39 Å². The van der Waals surface area contributed by atoms with Gasteiger partial charge in [-0.15, -0.1) is 0 Å². The first kappa shape index (κ1) is 8.73. The highest BCUT2D eigenvalue weighted by molar-refractivity contribution is 5.89. The second-order valence-corrected chi connectivity index (χ2v) is 4.00. The van der Waals surface area contributed by atoms with Gasteiger partial charge in [-0.1, -0.05) is 5.57 Å². The van der Waals surface area contributed by atoms with Gasteiger partial charge >= 0.3 is 0 Å². The van der Waals surface area contributed by atoms with Crippen LogP contribution in [0.2, 0.25) is 0 Å². The number of halogens is 1. The van der Waals surface area contributed by atoms with Crippen molar-refractivity contribution in [3.05, 3.63) is 11.6 Å². The zero-order valence-electron chi connectivity index (χ0n) is 7.79. The maximum absolute atomic E-state index is 12.4. The Hall–Kier alpha value is -0.860. The van der Waals surface area contributed by atoms with Gasteiger partial charge in [-0.3, -0.25) is 4.79 Å². The molecule has 1 saturated carbocycles. The smallest absolute Gasteiger partial charge is 0.246 e. The Labute approximate surface area is 77.4 Å². The summed E-state index contributed by atoms with van der Waals surface area (Å²) in [5, 5.41) is 0. The van der Waals surface area contributed by atoms with Crippen LogP contribution in [0.1, 0.15) is 19.8 Å². The maximum atomic E-state index is 12.4. The average Bonchev–Trinajstić information content (AvgIpc) is 2.80. The molecule has 0 atom stereocenters. The number of hydrogen-bond acceptors (Lipinski definition) is 1. The van der Waals surface area contributed by atoms with Crippen molar-refractivity contribution in [2.45, 2.75) is 25.9 Å². The maximum Gasteiger partial charge on any atom is 0.246 e. The molecule has 0 N–H and O–H groups in total. The molecule has 3 heteroatoms. The van der Waals surface area contributed by atoms with Crippen LogP contribution in [0.15, 0.2) is 11.6 Å². The van der Waals surface area contributed by atoms with Crippen molar-refractivity contribution in [2.75, 3.05) is 13.1 Å². The van der Waals surface area contributed by atoms with Crippen molar-refractivity contribution in [3.63, 3.8) is 0 Å². The Morgan fingerprint density at radius 2 is 2.08 bits per heavy atom. The third-order valence-electron chi connectivity index (χ3n) is 2.72. The van der Waals surface area contributed by atoms with Gasteiger partial charge in [0.15, 0.2) is 0 Å². The number of carbonyl (C=O) groups is 1. The second-order valence-electron chi connectivity index (χ2n) is 4.00. The van der Waals surface area contributed by atoms with Crippen molar-refractivity contribution in [3.8, 4) is 0 Å². The summed E-state index contributed by atoms with van der Waals surface area (Å²) in [6.45, 7) is 2.56. The van der Waals surface area contributed by atoms with Crippen molar-refractivity contribution in [2.24, 2.45) is 5.92 Å². The van der Waals surface area contributed by atoms with E-state index >= 15 is 0 Å². The van der Waals surface area contributed by atoms with Gasteiger partial charge < -0.3 is 4.90 Å². The molecule has 0 spiro atoms. The van der Waals surface area contributed by atoms with E-state index in [1.807, 2.05) is 6.92 Å². The number of nitrogens with zero attached hydrogens (tertiary/aromatic N) is 1. The van der Waals surface area contributed by atoms with E-state index in [2.05, 4.69) is 0 Å². The predicted molar refractivity (Wildman–Crippen MR) is 48.0 cm³/mol. The number of hydrogen-bond donors (Lipinski definition) is 0. The Morgan fingerprint density at radius 3 is 2.54 bits per heavy atom. The van der Waals surface area contributed by atoms with Gasteiger partial charge in [-0.05, 0) is 25.7 Å². The molecule has 0 aromatic heterocycles. The lowest BCUT2D eigenvalue weighted by Gasteiger charge is -2.33. The molecule has 0 aromatic carbocycles. The van der Waals surface area contributed by atoms with Crippen molar-refractivity contribution < 1.29 is 9.18 Å². The summed E-state index contributed by atoms with van der Waals surface area (Å²) in [7, 11) is 0. The summed E-state index contributed by atoms with van der Waals surface area (Å²) >= 11 is 0. The van der Waals surface area contributed by atoms with Gasteiger partial charge in [-0.2, -0.15) is 0 Å². The van der Waals surface area contributed by atoms with Crippen molar-refractivity contribution >= 4 is 5.91 Å². The first-order valence-corrected chi connectivity index (χ1v) is 4.78. The lowest BCUT2D eigenvalue weighted by atomic mass is 10.1. The topological polar surface area (TPSA) is 20.3 Å². The van der Waals surface area contributed by atoms with E-state index in [4.69, 9.17) is 0 Å². The lowest BCUT2D eigenvalue weighted by Crippen LogP contribution is -2.50. The van der Waals surface area contributed by atoms with Crippen LogP contribution in [0.5, 0.6) is 0 Å². The Morgan fingerprint density at radius 1 is 1.46 bits per heavy atom. The minimum Gasteiger partial charge on any atom is -0.333 e. The first-order chi connectivity index (χ1) is 6.16. The number of alkyl halides is 1. The molecule has 1 heterocycles. The molecule has 2 aliphatic rings. The second kappa shape index (κ2) is 3.13.